The van der Waals surface area contributed by atoms with Crippen LogP contribution >= 0.6 is 11.8 Å². The van der Waals surface area contributed by atoms with E-state index in [1.54, 1.807) is 48.2 Å². The van der Waals surface area contributed by atoms with Crippen molar-refractivity contribution in [1.82, 2.24) is 10.6 Å². The molecule has 0 fully saturated rings. The summed E-state index contributed by atoms with van der Waals surface area (Å²) in [7, 11) is 0. The van der Waals surface area contributed by atoms with Crippen LogP contribution in [0.15, 0.2) is 53.4 Å². The molecule has 0 atom stereocenters. The summed E-state index contributed by atoms with van der Waals surface area (Å²) in [5, 5.41) is 8.53. The fraction of sp³-hybridized carbons (Fsp3) is 0.364. The van der Waals surface area contributed by atoms with Crippen molar-refractivity contribution in [1.29, 1.82) is 0 Å². The van der Waals surface area contributed by atoms with Gasteiger partial charge in [0.15, 0.2) is 0 Å². The van der Waals surface area contributed by atoms with E-state index in [1.165, 1.54) is 12.1 Å². The Morgan fingerprint density at radius 1 is 1.03 bits per heavy atom. The standard InChI is InChI=1S/C22H28FN3O2S/c1-4-22(2,3)26-20(27)16-6-10-18(11-7-16)25-21(28)24-14-5-15-29-19-12-8-17(23)9-13-19/h6-13H,4-5,14-15H2,1-3H3,(H,26,27)(H2,24,25,28). The summed E-state index contributed by atoms with van der Waals surface area (Å²) in [4.78, 5) is 25.2. The second kappa shape index (κ2) is 10.9. The topological polar surface area (TPSA) is 70.2 Å². The maximum atomic E-state index is 12.9. The molecule has 0 spiro atoms. The third-order valence-corrected chi connectivity index (χ3v) is 5.53. The molecule has 0 aliphatic carbocycles. The number of carbonyl (C=O) groups excluding carboxylic acids is 2. The lowest BCUT2D eigenvalue weighted by atomic mass is 10.0. The quantitative estimate of drug-likeness (QED) is 0.395. The van der Waals surface area contributed by atoms with Crippen molar-refractivity contribution in [3.63, 3.8) is 0 Å². The monoisotopic (exact) mass is 417 g/mol. The van der Waals surface area contributed by atoms with Gasteiger partial charge in [-0.15, -0.1) is 11.8 Å². The molecule has 0 saturated carbocycles. The molecule has 0 radical (unpaired) electrons. The van der Waals surface area contributed by atoms with Crippen LogP contribution in [0, 0.1) is 5.82 Å². The van der Waals surface area contributed by atoms with Crippen LogP contribution in [-0.2, 0) is 0 Å². The van der Waals surface area contributed by atoms with E-state index < -0.39 is 0 Å². The molecule has 0 bridgehead atoms. The number of urea groups is 1. The zero-order valence-corrected chi connectivity index (χ0v) is 17.9. The first-order chi connectivity index (χ1) is 13.8. The van der Waals surface area contributed by atoms with Crippen LogP contribution in [0.25, 0.3) is 0 Å². The van der Waals surface area contributed by atoms with Crippen molar-refractivity contribution in [2.45, 2.75) is 44.0 Å². The number of thioether (sulfide) groups is 1. The van der Waals surface area contributed by atoms with Crippen LogP contribution in [0.3, 0.4) is 0 Å². The molecule has 0 unspecified atom stereocenters. The summed E-state index contributed by atoms with van der Waals surface area (Å²) in [6.07, 6.45) is 1.63. The van der Waals surface area contributed by atoms with Gasteiger partial charge in [-0.25, -0.2) is 9.18 Å². The number of benzene rings is 2. The van der Waals surface area contributed by atoms with Gasteiger partial charge in [0.05, 0.1) is 0 Å². The van der Waals surface area contributed by atoms with Gasteiger partial charge in [-0.1, -0.05) is 6.92 Å². The van der Waals surface area contributed by atoms with Gasteiger partial charge < -0.3 is 16.0 Å². The van der Waals surface area contributed by atoms with Crippen LogP contribution in [0.1, 0.15) is 44.0 Å². The van der Waals surface area contributed by atoms with E-state index in [1.807, 2.05) is 20.8 Å². The minimum absolute atomic E-state index is 0.133. The summed E-state index contributed by atoms with van der Waals surface area (Å²) in [6, 6.07) is 12.9. The summed E-state index contributed by atoms with van der Waals surface area (Å²) in [5.74, 6) is 0.446. The molecular formula is C22H28FN3O2S. The van der Waals surface area contributed by atoms with Crippen molar-refractivity contribution in [3.8, 4) is 0 Å². The average Bonchev–Trinajstić information content (AvgIpc) is 2.69. The Morgan fingerprint density at radius 3 is 2.31 bits per heavy atom. The Morgan fingerprint density at radius 2 is 1.69 bits per heavy atom. The van der Waals surface area contributed by atoms with Gasteiger partial charge in [-0.3, -0.25) is 4.79 Å². The van der Waals surface area contributed by atoms with Gasteiger partial charge in [-0.2, -0.15) is 0 Å². The van der Waals surface area contributed by atoms with E-state index >= 15 is 0 Å². The van der Waals surface area contributed by atoms with E-state index in [4.69, 9.17) is 0 Å². The lowest BCUT2D eigenvalue weighted by molar-refractivity contribution is 0.0911. The number of hydrogen-bond acceptors (Lipinski definition) is 3. The normalized spacial score (nSPS) is 11.0. The largest absolute Gasteiger partial charge is 0.347 e. The van der Waals surface area contributed by atoms with Gasteiger partial charge in [-0.05, 0) is 81.0 Å². The number of carbonyl (C=O) groups is 2. The van der Waals surface area contributed by atoms with Crippen molar-refractivity contribution < 1.29 is 14.0 Å². The molecular weight excluding hydrogens is 389 g/mol. The predicted octanol–water partition coefficient (Wildman–Crippen LogP) is 5.05. The number of hydrogen-bond donors (Lipinski definition) is 3. The molecule has 7 heteroatoms. The summed E-state index contributed by atoms with van der Waals surface area (Å²) in [5.41, 5.74) is 0.910. The molecule has 3 amide bonds. The molecule has 0 aliphatic heterocycles. The summed E-state index contributed by atoms with van der Waals surface area (Å²) in [6.45, 7) is 6.51. The molecule has 29 heavy (non-hydrogen) atoms. The first-order valence-corrected chi connectivity index (χ1v) is 10.6. The van der Waals surface area contributed by atoms with Crippen molar-refractivity contribution >= 4 is 29.4 Å². The first-order valence-electron chi connectivity index (χ1n) is 9.65. The molecule has 156 valence electrons. The van der Waals surface area contributed by atoms with Crippen LogP contribution in [0.2, 0.25) is 0 Å². The third kappa shape index (κ3) is 8.15. The Balaban J connectivity index is 1.69. The van der Waals surface area contributed by atoms with E-state index in [0.717, 1.165) is 23.5 Å². The van der Waals surface area contributed by atoms with E-state index in [0.29, 0.717) is 17.8 Å². The second-order valence-corrected chi connectivity index (χ2v) is 8.47. The van der Waals surface area contributed by atoms with Gasteiger partial charge in [0.25, 0.3) is 5.91 Å². The van der Waals surface area contributed by atoms with Crippen LogP contribution in [0.4, 0.5) is 14.9 Å². The van der Waals surface area contributed by atoms with Gasteiger partial charge >= 0.3 is 6.03 Å². The molecule has 3 N–H and O–H groups in total. The van der Waals surface area contributed by atoms with Gasteiger partial charge in [0.1, 0.15) is 5.82 Å². The van der Waals surface area contributed by atoms with E-state index in [2.05, 4.69) is 16.0 Å². The average molecular weight is 418 g/mol. The molecule has 0 heterocycles. The zero-order valence-electron chi connectivity index (χ0n) is 17.0. The van der Waals surface area contributed by atoms with Crippen molar-refractivity contribution in [3.05, 3.63) is 59.9 Å². The Bertz CT molecular complexity index is 808. The Hall–Kier alpha value is -2.54. The molecule has 2 rings (SSSR count). The number of amides is 3. The highest BCUT2D eigenvalue weighted by Gasteiger charge is 2.18. The minimum Gasteiger partial charge on any atom is -0.347 e. The SMILES string of the molecule is CCC(C)(C)NC(=O)c1ccc(NC(=O)NCCCSc2ccc(F)cc2)cc1. The number of nitrogens with one attached hydrogen (secondary N) is 3. The predicted molar refractivity (Wildman–Crippen MR) is 117 cm³/mol. The summed E-state index contributed by atoms with van der Waals surface area (Å²) < 4.78 is 12.9. The van der Waals surface area contributed by atoms with E-state index in [-0.39, 0.29) is 23.3 Å². The van der Waals surface area contributed by atoms with Gasteiger partial charge in [0, 0.05) is 28.2 Å². The van der Waals surface area contributed by atoms with Crippen LogP contribution < -0.4 is 16.0 Å². The molecule has 0 aliphatic rings. The minimum atomic E-state index is -0.291. The highest BCUT2D eigenvalue weighted by atomic mass is 32.2. The maximum absolute atomic E-state index is 12.9. The maximum Gasteiger partial charge on any atom is 0.319 e. The smallest absolute Gasteiger partial charge is 0.319 e. The first kappa shape index (κ1) is 22.7. The third-order valence-electron chi connectivity index (χ3n) is 4.43. The second-order valence-electron chi connectivity index (χ2n) is 7.31. The highest BCUT2D eigenvalue weighted by Crippen LogP contribution is 2.18. The van der Waals surface area contributed by atoms with Crippen LogP contribution in [-0.4, -0.2) is 29.8 Å². The number of rotatable bonds is 9. The Kier molecular flexibility index (Phi) is 8.51. The Labute approximate surface area is 175 Å². The molecule has 0 aromatic heterocycles. The number of anilines is 1. The number of halogens is 1. The highest BCUT2D eigenvalue weighted by molar-refractivity contribution is 7.99. The molecule has 2 aromatic rings. The molecule has 0 saturated heterocycles. The zero-order chi connectivity index (χ0) is 21.3. The molecule has 2 aromatic carbocycles. The van der Waals surface area contributed by atoms with E-state index in [9.17, 15) is 14.0 Å². The molecule has 5 nitrogen and oxygen atoms in total. The summed E-state index contributed by atoms with van der Waals surface area (Å²) >= 11 is 1.62. The van der Waals surface area contributed by atoms with Crippen LogP contribution in [0.5, 0.6) is 0 Å². The van der Waals surface area contributed by atoms with Crippen molar-refractivity contribution in [2.24, 2.45) is 0 Å². The fourth-order valence-electron chi connectivity index (χ4n) is 2.34. The lowest BCUT2D eigenvalue weighted by Crippen LogP contribution is -2.42. The van der Waals surface area contributed by atoms with Gasteiger partial charge in [0.2, 0.25) is 0 Å². The fourth-order valence-corrected chi connectivity index (χ4v) is 3.20. The lowest BCUT2D eigenvalue weighted by Gasteiger charge is -2.24. The van der Waals surface area contributed by atoms with Crippen molar-refractivity contribution in [2.75, 3.05) is 17.6 Å².